The molecule has 1 aromatic rings. The molecule has 0 aliphatic heterocycles. The van der Waals surface area contributed by atoms with E-state index in [9.17, 15) is 14.4 Å². The van der Waals surface area contributed by atoms with Crippen molar-refractivity contribution in [1.82, 2.24) is 0 Å². The van der Waals surface area contributed by atoms with Gasteiger partial charge in [-0.05, 0) is 30.4 Å². The van der Waals surface area contributed by atoms with Gasteiger partial charge in [-0.1, -0.05) is 62.0 Å². The number of benzene rings is 1. The SMILES string of the molecule is CCCCOC(=O)[C@@H]1C[C@H](C(=O)OC(=O)c2c(Cl)cc(Cl)cc2Cl)C1(C)C. The summed E-state index contributed by atoms with van der Waals surface area (Å²) in [5, 5.41) is 0.253. The molecule has 1 fully saturated rings. The van der Waals surface area contributed by atoms with Crippen LogP contribution in [0.2, 0.25) is 15.1 Å². The Morgan fingerprint density at radius 3 is 2.15 bits per heavy atom. The molecule has 0 unspecified atom stereocenters. The fraction of sp³-hybridized carbons (Fsp3) is 0.526. The monoisotopic (exact) mass is 434 g/mol. The minimum absolute atomic E-state index is 0.00412. The number of hydrogen-bond acceptors (Lipinski definition) is 5. The van der Waals surface area contributed by atoms with E-state index in [0.717, 1.165) is 12.8 Å². The second-order valence-electron chi connectivity index (χ2n) is 7.14. The summed E-state index contributed by atoms with van der Waals surface area (Å²) in [5.41, 5.74) is -0.794. The Morgan fingerprint density at radius 2 is 1.63 bits per heavy atom. The highest BCUT2D eigenvalue weighted by atomic mass is 35.5. The first-order valence-electron chi connectivity index (χ1n) is 8.66. The molecule has 1 aliphatic carbocycles. The highest BCUT2D eigenvalue weighted by Gasteiger charge is 2.56. The van der Waals surface area contributed by atoms with Crippen molar-refractivity contribution < 1.29 is 23.9 Å². The third-order valence-electron chi connectivity index (χ3n) is 4.98. The van der Waals surface area contributed by atoms with Gasteiger partial charge in [0.1, 0.15) is 0 Å². The average molecular weight is 436 g/mol. The summed E-state index contributed by atoms with van der Waals surface area (Å²) in [4.78, 5) is 36.9. The molecule has 8 heteroatoms. The van der Waals surface area contributed by atoms with Crippen LogP contribution in [0.15, 0.2) is 12.1 Å². The van der Waals surface area contributed by atoms with E-state index in [0.29, 0.717) is 6.61 Å². The van der Waals surface area contributed by atoms with Crippen LogP contribution in [0.1, 0.15) is 50.4 Å². The summed E-state index contributed by atoms with van der Waals surface area (Å²) in [6.45, 7) is 5.92. The molecular formula is C19H21Cl3O5. The zero-order chi connectivity index (χ0) is 20.4. The minimum atomic E-state index is -0.948. The molecule has 1 aromatic carbocycles. The van der Waals surface area contributed by atoms with E-state index >= 15 is 0 Å². The number of unbranched alkanes of at least 4 members (excludes halogenated alkanes) is 1. The summed E-state index contributed by atoms with van der Waals surface area (Å²) in [7, 11) is 0. The predicted molar refractivity (Wildman–Crippen MR) is 103 cm³/mol. The van der Waals surface area contributed by atoms with E-state index in [1.807, 2.05) is 6.92 Å². The van der Waals surface area contributed by atoms with Crippen LogP contribution in [-0.2, 0) is 19.1 Å². The van der Waals surface area contributed by atoms with Crippen LogP contribution < -0.4 is 0 Å². The number of carbonyl (C=O) groups is 3. The molecule has 0 N–H and O–H groups in total. The highest BCUT2D eigenvalue weighted by Crippen LogP contribution is 2.52. The first-order chi connectivity index (χ1) is 12.6. The molecule has 0 saturated heterocycles. The van der Waals surface area contributed by atoms with Gasteiger partial charge in [0.25, 0.3) is 0 Å². The number of esters is 3. The van der Waals surface area contributed by atoms with Crippen molar-refractivity contribution in [2.24, 2.45) is 17.3 Å². The van der Waals surface area contributed by atoms with E-state index in [1.165, 1.54) is 12.1 Å². The molecule has 2 rings (SSSR count). The van der Waals surface area contributed by atoms with Crippen LogP contribution >= 0.6 is 34.8 Å². The van der Waals surface area contributed by atoms with Crippen molar-refractivity contribution in [2.75, 3.05) is 6.61 Å². The van der Waals surface area contributed by atoms with Crippen molar-refractivity contribution in [1.29, 1.82) is 0 Å². The first kappa shape index (κ1) is 22.0. The van der Waals surface area contributed by atoms with Gasteiger partial charge in [0.2, 0.25) is 0 Å². The van der Waals surface area contributed by atoms with Crippen molar-refractivity contribution in [3.63, 3.8) is 0 Å². The van der Waals surface area contributed by atoms with Crippen LogP contribution in [0.5, 0.6) is 0 Å². The summed E-state index contributed by atoms with van der Waals surface area (Å²) < 4.78 is 10.2. The maximum atomic E-state index is 12.4. The molecule has 0 heterocycles. The molecule has 2 atom stereocenters. The van der Waals surface area contributed by atoms with Gasteiger partial charge in [0.15, 0.2) is 0 Å². The van der Waals surface area contributed by atoms with Crippen LogP contribution in [0.25, 0.3) is 0 Å². The van der Waals surface area contributed by atoms with Gasteiger partial charge in [-0.2, -0.15) is 0 Å². The molecular weight excluding hydrogens is 415 g/mol. The summed E-state index contributed by atoms with van der Waals surface area (Å²) in [6.07, 6.45) is 1.99. The third-order valence-corrected chi connectivity index (χ3v) is 5.80. The van der Waals surface area contributed by atoms with Crippen molar-refractivity contribution >= 4 is 52.7 Å². The molecule has 0 aromatic heterocycles. The van der Waals surface area contributed by atoms with Crippen LogP contribution in [0, 0.1) is 17.3 Å². The second-order valence-corrected chi connectivity index (χ2v) is 8.39. The fourth-order valence-corrected chi connectivity index (χ4v) is 4.07. The van der Waals surface area contributed by atoms with Gasteiger partial charge in [-0.15, -0.1) is 0 Å². The van der Waals surface area contributed by atoms with Gasteiger partial charge in [0, 0.05) is 5.02 Å². The normalized spacial score (nSPS) is 20.5. The Bertz CT molecular complexity index is 737. The Morgan fingerprint density at radius 1 is 1.07 bits per heavy atom. The molecule has 5 nitrogen and oxygen atoms in total. The van der Waals surface area contributed by atoms with Crippen molar-refractivity contribution in [3.05, 3.63) is 32.8 Å². The smallest absolute Gasteiger partial charge is 0.348 e. The summed E-state index contributed by atoms with van der Waals surface area (Å²) in [6, 6.07) is 2.68. The lowest BCUT2D eigenvalue weighted by molar-refractivity contribution is -0.175. The first-order valence-corrected chi connectivity index (χ1v) is 9.80. The van der Waals surface area contributed by atoms with Gasteiger partial charge in [0.05, 0.1) is 34.1 Å². The number of halogens is 3. The van der Waals surface area contributed by atoms with Crippen molar-refractivity contribution in [3.8, 4) is 0 Å². The maximum absolute atomic E-state index is 12.4. The zero-order valence-electron chi connectivity index (χ0n) is 15.3. The summed E-state index contributed by atoms with van der Waals surface area (Å²) in [5.74, 6) is -3.01. The zero-order valence-corrected chi connectivity index (χ0v) is 17.6. The van der Waals surface area contributed by atoms with Gasteiger partial charge < -0.3 is 9.47 Å². The van der Waals surface area contributed by atoms with E-state index < -0.39 is 29.2 Å². The van der Waals surface area contributed by atoms with E-state index in [2.05, 4.69) is 0 Å². The van der Waals surface area contributed by atoms with Gasteiger partial charge in [-0.25, -0.2) is 4.79 Å². The second kappa shape index (κ2) is 8.80. The Hall–Kier alpha value is -1.30. The lowest BCUT2D eigenvalue weighted by Crippen LogP contribution is -2.53. The molecule has 148 valence electrons. The lowest BCUT2D eigenvalue weighted by Gasteiger charge is -2.48. The quantitative estimate of drug-likeness (QED) is 0.343. The average Bonchev–Trinajstić information content (AvgIpc) is 2.52. The van der Waals surface area contributed by atoms with Crippen LogP contribution in [0.3, 0.4) is 0 Å². The number of ether oxygens (including phenoxy) is 2. The molecule has 0 radical (unpaired) electrons. The molecule has 0 spiro atoms. The maximum Gasteiger partial charge on any atom is 0.348 e. The lowest BCUT2D eigenvalue weighted by atomic mass is 9.54. The largest absolute Gasteiger partial charge is 0.465 e. The van der Waals surface area contributed by atoms with Gasteiger partial charge >= 0.3 is 17.9 Å². The number of rotatable bonds is 6. The molecule has 1 aliphatic rings. The molecule has 27 heavy (non-hydrogen) atoms. The van der Waals surface area contributed by atoms with Gasteiger partial charge in [-0.3, -0.25) is 9.59 Å². The fourth-order valence-electron chi connectivity index (χ4n) is 3.09. The Kier molecular flexibility index (Phi) is 7.17. The minimum Gasteiger partial charge on any atom is -0.465 e. The van der Waals surface area contributed by atoms with Crippen LogP contribution in [-0.4, -0.2) is 24.5 Å². The summed E-state index contributed by atoms with van der Waals surface area (Å²) >= 11 is 17.8. The van der Waals surface area contributed by atoms with E-state index in [1.54, 1.807) is 13.8 Å². The number of carbonyl (C=O) groups excluding carboxylic acids is 3. The highest BCUT2D eigenvalue weighted by molar-refractivity contribution is 6.42. The van der Waals surface area contributed by atoms with E-state index in [4.69, 9.17) is 44.3 Å². The predicted octanol–water partition coefficient (Wildman–Crippen LogP) is 5.34. The molecule has 0 bridgehead atoms. The Balaban J connectivity index is 2.01. The molecule has 1 saturated carbocycles. The van der Waals surface area contributed by atoms with Crippen LogP contribution in [0.4, 0.5) is 0 Å². The van der Waals surface area contributed by atoms with E-state index in [-0.39, 0.29) is 33.0 Å². The standard InChI is InChI=1S/C19H21Cl3O5/c1-4-5-6-26-16(23)11-9-12(19(11,2)3)17(24)27-18(25)15-13(21)7-10(20)8-14(15)22/h7-8,11-12H,4-6,9H2,1-3H3/t11-,12+/m0/s1. The third kappa shape index (κ3) is 4.76. The van der Waals surface area contributed by atoms with Crippen molar-refractivity contribution in [2.45, 2.75) is 40.0 Å². The molecule has 0 amide bonds. The topological polar surface area (TPSA) is 69.7 Å². The number of hydrogen-bond donors (Lipinski definition) is 0. The Labute approximate surface area is 173 Å².